The van der Waals surface area contributed by atoms with Crippen molar-refractivity contribution in [3.8, 4) is 0 Å². The number of carbonyl (C=O) groups excluding carboxylic acids is 2. The van der Waals surface area contributed by atoms with Gasteiger partial charge in [-0.25, -0.2) is 4.98 Å². The molecular formula is C16H20N6O2. The number of nitrogens with one attached hydrogen (secondary N) is 1. The number of nitrogens with zero attached hydrogens (tertiary/aromatic N) is 4. The molecule has 2 aromatic rings. The molecule has 0 atom stereocenters. The molecule has 0 saturated carbocycles. The van der Waals surface area contributed by atoms with Gasteiger partial charge >= 0.3 is 0 Å². The van der Waals surface area contributed by atoms with Crippen molar-refractivity contribution in [2.24, 2.45) is 5.73 Å². The van der Waals surface area contributed by atoms with Gasteiger partial charge in [0.05, 0.1) is 30.0 Å². The number of nitrogens with two attached hydrogens (primary N) is 1. The number of amides is 2. The van der Waals surface area contributed by atoms with Crippen molar-refractivity contribution >= 4 is 17.6 Å². The van der Waals surface area contributed by atoms with Crippen LogP contribution in [0.2, 0.25) is 0 Å². The summed E-state index contributed by atoms with van der Waals surface area (Å²) >= 11 is 0. The summed E-state index contributed by atoms with van der Waals surface area (Å²) in [6.07, 6.45) is 2.48. The lowest BCUT2D eigenvalue weighted by Crippen LogP contribution is -2.28. The van der Waals surface area contributed by atoms with Gasteiger partial charge in [-0.1, -0.05) is 0 Å². The van der Waals surface area contributed by atoms with Gasteiger partial charge in [0.2, 0.25) is 5.91 Å². The van der Waals surface area contributed by atoms with Gasteiger partial charge in [-0.2, -0.15) is 5.10 Å². The monoisotopic (exact) mass is 328 g/mol. The highest BCUT2D eigenvalue weighted by Crippen LogP contribution is 2.16. The number of rotatable bonds is 4. The summed E-state index contributed by atoms with van der Waals surface area (Å²) in [5, 5.41) is 7.67. The van der Waals surface area contributed by atoms with Crippen LogP contribution in [0.5, 0.6) is 0 Å². The number of aromatic nitrogens is 3. The minimum Gasteiger partial charge on any atom is -0.365 e. The van der Waals surface area contributed by atoms with Crippen molar-refractivity contribution in [1.82, 2.24) is 19.7 Å². The summed E-state index contributed by atoms with van der Waals surface area (Å²) in [6.45, 7) is 4.12. The van der Waals surface area contributed by atoms with Gasteiger partial charge in [-0.15, -0.1) is 0 Å². The van der Waals surface area contributed by atoms with Crippen LogP contribution in [-0.4, -0.2) is 38.0 Å². The van der Waals surface area contributed by atoms with E-state index in [-0.39, 0.29) is 5.91 Å². The van der Waals surface area contributed by atoms with Crippen molar-refractivity contribution < 1.29 is 9.59 Å². The number of pyridine rings is 1. The predicted octanol–water partition coefficient (Wildman–Crippen LogP) is 0.741. The van der Waals surface area contributed by atoms with Crippen molar-refractivity contribution in [1.29, 1.82) is 0 Å². The highest BCUT2D eigenvalue weighted by molar-refractivity contribution is 5.97. The standard InChI is InChI=1S/C16H20N6O2/c1-11(23)21-6-3-7-22-13(10-21)8-12(20-22)9-19-16-14(15(17)24)4-2-5-18-16/h2,4-5,8H,3,6-7,9-10H2,1H3,(H2,17,24)(H,18,19). The van der Waals surface area contributed by atoms with Crippen LogP contribution < -0.4 is 11.1 Å². The Balaban J connectivity index is 1.73. The largest absolute Gasteiger partial charge is 0.365 e. The Labute approximate surface area is 139 Å². The molecule has 2 amide bonds. The van der Waals surface area contributed by atoms with Crippen LogP contribution in [0, 0.1) is 0 Å². The number of hydrogen-bond donors (Lipinski definition) is 2. The van der Waals surface area contributed by atoms with Crippen molar-refractivity contribution in [2.45, 2.75) is 33.0 Å². The predicted molar refractivity (Wildman–Crippen MR) is 88.0 cm³/mol. The average Bonchev–Trinajstić information content (AvgIpc) is 2.83. The fourth-order valence-electron chi connectivity index (χ4n) is 2.80. The van der Waals surface area contributed by atoms with E-state index < -0.39 is 5.91 Å². The summed E-state index contributed by atoms with van der Waals surface area (Å²) in [4.78, 5) is 29.0. The second-order valence-electron chi connectivity index (χ2n) is 5.76. The third-order valence-corrected chi connectivity index (χ3v) is 4.02. The Kier molecular flexibility index (Phi) is 4.45. The number of anilines is 1. The second kappa shape index (κ2) is 6.69. The molecule has 3 heterocycles. The number of fused-ring (bicyclic) bond motifs is 1. The molecular weight excluding hydrogens is 308 g/mol. The number of aryl methyl sites for hydroxylation is 1. The van der Waals surface area contributed by atoms with E-state index in [0.29, 0.717) is 24.5 Å². The van der Waals surface area contributed by atoms with Gasteiger partial charge in [0.1, 0.15) is 5.82 Å². The maximum absolute atomic E-state index is 11.6. The minimum atomic E-state index is -0.525. The smallest absolute Gasteiger partial charge is 0.252 e. The fraction of sp³-hybridized carbons (Fsp3) is 0.375. The maximum Gasteiger partial charge on any atom is 0.252 e. The van der Waals surface area contributed by atoms with E-state index in [0.717, 1.165) is 30.9 Å². The zero-order chi connectivity index (χ0) is 17.1. The first-order valence-corrected chi connectivity index (χ1v) is 7.84. The molecule has 0 aromatic carbocycles. The van der Waals surface area contributed by atoms with Crippen molar-refractivity contribution in [3.63, 3.8) is 0 Å². The summed E-state index contributed by atoms with van der Waals surface area (Å²) in [6, 6.07) is 5.27. The van der Waals surface area contributed by atoms with Gasteiger partial charge in [0.15, 0.2) is 0 Å². The molecule has 0 saturated heterocycles. The van der Waals surface area contributed by atoms with Crippen molar-refractivity contribution in [3.05, 3.63) is 41.3 Å². The quantitative estimate of drug-likeness (QED) is 0.861. The molecule has 126 valence electrons. The first-order chi connectivity index (χ1) is 11.5. The van der Waals surface area contributed by atoms with Gasteiger partial charge in [0, 0.05) is 26.2 Å². The molecule has 0 aliphatic carbocycles. The molecule has 0 unspecified atom stereocenters. The highest BCUT2D eigenvalue weighted by atomic mass is 16.2. The number of primary amides is 1. The summed E-state index contributed by atoms with van der Waals surface area (Å²) < 4.78 is 1.94. The van der Waals surface area contributed by atoms with Gasteiger partial charge in [-0.05, 0) is 24.6 Å². The summed E-state index contributed by atoms with van der Waals surface area (Å²) in [5.74, 6) is -0.00853. The van der Waals surface area contributed by atoms with Crippen LogP contribution in [-0.2, 0) is 24.4 Å². The summed E-state index contributed by atoms with van der Waals surface area (Å²) in [5.41, 5.74) is 7.54. The third kappa shape index (κ3) is 3.37. The second-order valence-corrected chi connectivity index (χ2v) is 5.76. The van der Waals surface area contributed by atoms with Crippen LogP contribution in [0.1, 0.15) is 35.1 Å². The van der Waals surface area contributed by atoms with Crippen LogP contribution in [0.3, 0.4) is 0 Å². The number of hydrogen-bond acceptors (Lipinski definition) is 5. The molecule has 0 bridgehead atoms. The van der Waals surface area contributed by atoms with E-state index in [9.17, 15) is 9.59 Å². The molecule has 1 aliphatic heterocycles. The van der Waals surface area contributed by atoms with E-state index in [1.54, 1.807) is 25.3 Å². The van der Waals surface area contributed by atoms with E-state index in [1.165, 1.54) is 0 Å². The minimum absolute atomic E-state index is 0.0731. The molecule has 8 nitrogen and oxygen atoms in total. The molecule has 24 heavy (non-hydrogen) atoms. The number of carbonyl (C=O) groups is 2. The Bertz CT molecular complexity index is 770. The van der Waals surface area contributed by atoms with Crippen LogP contribution in [0.15, 0.2) is 24.4 Å². The fourth-order valence-corrected chi connectivity index (χ4v) is 2.80. The normalized spacial score (nSPS) is 14.0. The molecule has 3 rings (SSSR count). The lowest BCUT2D eigenvalue weighted by atomic mass is 10.2. The lowest BCUT2D eigenvalue weighted by Gasteiger charge is -2.17. The Morgan fingerprint density at radius 1 is 1.38 bits per heavy atom. The van der Waals surface area contributed by atoms with Crippen LogP contribution >= 0.6 is 0 Å². The van der Waals surface area contributed by atoms with Crippen LogP contribution in [0.4, 0.5) is 5.82 Å². The molecule has 2 aromatic heterocycles. The Hall–Kier alpha value is -2.90. The third-order valence-electron chi connectivity index (χ3n) is 4.02. The van der Waals surface area contributed by atoms with E-state index in [4.69, 9.17) is 5.73 Å². The SMILES string of the molecule is CC(=O)N1CCCn2nc(CNc3ncccc3C(N)=O)cc2C1. The van der Waals surface area contributed by atoms with Gasteiger partial charge in [0.25, 0.3) is 5.91 Å². The molecule has 0 spiro atoms. The first-order valence-electron chi connectivity index (χ1n) is 7.84. The summed E-state index contributed by atoms with van der Waals surface area (Å²) in [7, 11) is 0. The zero-order valence-electron chi connectivity index (χ0n) is 13.5. The topological polar surface area (TPSA) is 106 Å². The van der Waals surface area contributed by atoms with E-state index in [1.807, 2.05) is 15.6 Å². The molecule has 3 N–H and O–H groups in total. The van der Waals surface area contributed by atoms with E-state index >= 15 is 0 Å². The molecule has 0 fully saturated rings. The maximum atomic E-state index is 11.6. The Morgan fingerprint density at radius 3 is 2.96 bits per heavy atom. The zero-order valence-corrected chi connectivity index (χ0v) is 13.5. The highest BCUT2D eigenvalue weighted by Gasteiger charge is 2.18. The Morgan fingerprint density at radius 2 is 2.21 bits per heavy atom. The van der Waals surface area contributed by atoms with E-state index in [2.05, 4.69) is 15.4 Å². The van der Waals surface area contributed by atoms with Gasteiger partial charge in [-0.3, -0.25) is 14.3 Å². The first kappa shape index (κ1) is 16.0. The average molecular weight is 328 g/mol. The van der Waals surface area contributed by atoms with Crippen LogP contribution in [0.25, 0.3) is 0 Å². The molecule has 0 radical (unpaired) electrons. The van der Waals surface area contributed by atoms with Crippen molar-refractivity contribution in [2.75, 3.05) is 11.9 Å². The molecule has 1 aliphatic rings. The van der Waals surface area contributed by atoms with Gasteiger partial charge < -0.3 is 16.0 Å². The lowest BCUT2D eigenvalue weighted by molar-refractivity contribution is -0.129. The molecule has 8 heteroatoms.